The van der Waals surface area contributed by atoms with Gasteiger partial charge in [-0.1, -0.05) is 63.3 Å². The molecule has 1 heterocycles. The smallest absolute Gasteiger partial charge is 0.206 e. The molecule has 0 aliphatic heterocycles. The lowest BCUT2D eigenvalue weighted by atomic mass is 9.86. The van der Waals surface area contributed by atoms with Crippen LogP contribution in [0.15, 0.2) is 24.3 Å². The molecule has 0 amide bonds. The highest BCUT2D eigenvalue weighted by Crippen LogP contribution is 2.26. The van der Waals surface area contributed by atoms with E-state index < -0.39 is 0 Å². The summed E-state index contributed by atoms with van der Waals surface area (Å²) in [5, 5.41) is 13.7. The molecule has 1 aromatic heterocycles. The van der Waals surface area contributed by atoms with Gasteiger partial charge in [-0.25, -0.2) is 0 Å². The fourth-order valence-electron chi connectivity index (χ4n) is 2.00. The van der Waals surface area contributed by atoms with Crippen molar-refractivity contribution < 1.29 is 0 Å². The van der Waals surface area contributed by atoms with Crippen molar-refractivity contribution in [3.63, 3.8) is 0 Å². The summed E-state index contributed by atoms with van der Waals surface area (Å²) >= 11 is 1.63. The third kappa shape index (κ3) is 3.57. The number of nitrogens with one attached hydrogen (secondary N) is 1. The van der Waals surface area contributed by atoms with Gasteiger partial charge in [0.05, 0.1) is 6.04 Å². The maximum Gasteiger partial charge on any atom is 0.206 e. The number of rotatable bonds is 4. The molecular weight excluding hydrogens is 266 g/mol. The second kappa shape index (κ2) is 5.92. The summed E-state index contributed by atoms with van der Waals surface area (Å²) in [6.07, 6.45) is 0.938. The summed E-state index contributed by atoms with van der Waals surface area (Å²) < 4.78 is 0. The zero-order valence-electron chi connectivity index (χ0n) is 12.9. The van der Waals surface area contributed by atoms with Crippen molar-refractivity contribution in [2.75, 3.05) is 5.32 Å². The molecule has 0 spiro atoms. The molecule has 1 N–H and O–H groups in total. The molecule has 0 fully saturated rings. The largest absolute Gasteiger partial charge is 0.354 e. The molecule has 0 aliphatic rings. The van der Waals surface area contributed by atoms with Crippen molar-refractivity contribution in [2.45, 2.75) is 52.5 Å². The highest BCUT2D eigenvalue weighted by atomic mass is 32.1. The molecule has 0 saturated heterocycles. The van der Waals surface area contributed by atoms with Gasteiger partial charge in [0, 0.05) is 0 Å². The Balaban J connectivity index is 2.07. The number of benzene rings is 1. The predicted molar refractivity (Wildman–Crippen MR) is 86.5 cm³/mol. The molecule has 3 nitrogen and oxygen atoms in total. The quantitative estimate of drug-likeness (QED) is 0.896. The first-order valence-corrected chi connectivity index (χ1v) is 7.91. The summed E-state index contributed by atoms with van der Waals surface area (Å²) in [7, 11) is 0. The molecule has 0 saturated carbocycles. The van der Waals surface area contributed by atoms with E-state index in [1.807, 2.05) is 0 Å². The van der Waals surface area contributed by atoms with Gasteiger partial charge in [-0.15, -0.1) is 10.2 Å². The van der Waals surface area contributed by atoms with Gasteiger partial charge >= 0.3 is 0 Å². The molecule has 20 heavy (non-hydrogen) atoms. The van der Waals surface area contributed by atoms with Gasteiger partial charge in [-0.3, -0.25) is 0 Å². The van der Waals surface area contributed by atoms with E-state index >= 15 is 0 Å². The zero-order chi connectivity index (χ0) is 14.8. The number of hydrogen-bond donors (Lipinski definition) is 1. The Morgan fingerprint density at radius 1 is 1.15 bits per heavy atom. The Kier molecular flexibility index (Phi) is 4.43. The van der Waals surface area contributed by atoms with Gasteiger partial charge < -0.3 is 5.32 Å². The van der Waals surface area contributed by atoms with Crippen LogP contribution >= 0.6 is 11.3 Å². The molecule has 4 heteroatoms. The van der Waals surface area contributed by atoms with E-state index in [4.69, 9.17) is 0 Å². The van der Waals surface area contributed by atoms with Crippen molar-refractivity contribution in [2.24, 2.45) is 0 Å². The maximum absolute atomic E-state index is 4.17. The third-order valence-electron chi connectivity index (χ3n) is 3.39. The van der Waals surface area contributed by atoms with Gasteiger partial charge in [0.2, 0.25) is 5.13 Å². The van der Waals surface area contributed by atoms with Crippen LogP contribution in [-0.2, 0) is 11.8 Å². The Hall–Kier alpha value is -1.42. The molecule has 2 rings (SSSR count). The van der Waals surface area contributed by atoms with Crippen LogP contribution in [0.2, 0.25) is 0 Å². The predicted octanol–water partition coefficient (Wildman–Crippen LogP) is 4.57. The van der Waals surface area contributed by atoms with Gasteiger partial charge in [0.15, 0.2) is 0 Å². The molecule has 0 bridgehead atoms. The summed E-state index contributed by atoms with van der Waals surface area (Å²) in [4.78, 5) is 0. The first-order valence-electron chi connectivity index (χ1n) is 7.09. The van der Waals surface area contributed by atoms with E-state index in [9.17, 15) is 0 Å². The van der Waals surface area contributed by atoms with E-state index in [1.165, 1.54) is 11.1 Å². The minimum absolute atomic E-state index is 0.199. The van der Waals surface area contributed by atoms with Gasteiger partial charge in [-0.2, -0.15) is 0 Å². The minimum atomic E-state index is 0.199. The first-order chi connectivity index (χ1) is 9.40. The average molecular weight is 289 g/mol. The second-order valence-corrected chi connectivity index (χ2v) is 7.15. The number of aromatic nitrogens is 2. The topological polar surface area (TPSA) is 37.8 Å². The Morgan fingerprint density at radius 3 is 2.30 bits per heavy atom. The van der Waals surface area contributed by atoms with Crippen LogP contribution in [0, 0.1) is 0 Å². The lowest BCUT2D eigenvalue weighted by Crippen LogP contribution is -2.12. The summed E-state index contributed by atoms with van der Waals surface area (Å²) in [6, 6.07) is 9.05. The van der Waals surface area contributed by atoms with Crippen molar-refractivity contribution in [3.8, 4) is 0 Å². The van der Waals surface area contributed by atoms with E-state index in [-0.39, 0.29) is 11.5 Å². The second-order valence-electron chi connectivity index (χ2n) is 6.09. The lowest BCUT2D eigenvalue weighted by molar-refractivity contribution is 0.589. The van der Waals surface area contributed by atoms with Crippen LogP contribution in [0.4, 0.5) is 5.13 Å². The van der Waals surface area contributed by atoms with Crippen molar-refractivity contribution in [1.29, 1.82) is 0 Å². The summed E-state index contributed by atoms with van der Waals surface area (Å²) in [6.45, 7) is 10.9. The van der Waals surface area contributed by atoms with Crippen LogP contribution in [-0.4, -0.2) is 10.2 Å². The first kappa shape index (κ1) is 15.0. The number of nitrogens with zero attached hydrogens (tertiary/aromatic N) is 2. The van der Waals surface area contributed by atoms with E-state index in [0.717, 1.165) is 16.6 Å². The normalized spacial score (nSPS) is 13.2. The minimum Gasteiger partial charge on any atom is -0.354 e. The number of hydrogen-bond acceptors (Lipinski definition) is 4. The van der Waals surface area contributed by atoms with E-state index in [2.05, 4.69) is 74.4 Å². The molecule has 1 unspecified atom stereocenters. The van der Waals surface area contributed by atoms with Crippen molar-refractivity contribution in [1.82, 2.24) is 10.2 Å². The third-order valence-corrected chi connectivity index (χ3v) is 4.38. The molecule has 2 aromatic rings. The van der Waals surface area contributed by atoms with Gasteiger partial charge in [-0.05, 0) is 29.9 Å². The SMILES string of the molecule is CCc1nnc(NC(C)c2ccc(C(C)(C)C)cc2)s1. The molecular formula is C16H23N3S. The molecule has 1 aromatic carbocycles. The number of anilines is 1. The van der Waals surface area contributed by atoms with E-state index in [0.29, 0.717) is 0 Å². The van der Waals surface area contributed by atoms with Gasteiger partial charge in [0.25, 0.3) is 0 Å². The maximum atomic E-state index is 4.17. The fourth-order valence-corrected chi connectivity index (χ4v) is 2.76. The highest BCUT2D eigenvalue weighted by molar-refractivity contribution is 7.15. The van der Waals surface area contributed by atoms with Crippen LogP contribution in [0.25, 0.3) is 0 Å². The van der Waals surface area contributed by atoms with Crippen LogP contribution in [0.1, 0.15) is 56.8 Å². The van der Waals surface area contributed by atoms with Crippen LogP contribution in [0.5, 0.6) is 0 Å². The standard InChI is InChI=1S/C16H23N3S/c1-6-14-18-19-15(20-14)17-11(2)12-7-9-13(10-8-12)16(3,4)5/h7-11H,6H2,1-5H3,(H,17,19). The zero-order valence-corrected chi connectivity index (χ0v) is 13.7. The van der Waals surface area contributed by atoms with E-state index in [1.54, 1.807) is 11.3 Å². The van der Waals surface area contributed by atoms with Crippen molar-refractivity contribution in [3.05, 3.63) is 40.4 Å². The lowest BCUT2D eigenvalue weighted by Gasteiger charge is -2.20. The number of aryl methyl sites for hydroxylation is 1. The monoisotopic (exact) mass is 289 g/mol. The van der Waals surface area contributed by atoms with Gasteiger partial charge in [0.1, 0.15) is 5.01 Å². The van der Waals surface area contributed by atoms with Crippen LogP contribution in [0.3, 0.4) is 0 Å². The molecule has 0 aliphatic carbocycles. The Labute approximate surface area is 125 Å². The average Bonchev–Trinajstić information content (AvgIpc) is 2.85. The Morgan fingerprint density at radius 2 is 1.80 bits per heavy atom. The molecule has 0 radical (unpaired) electrons. The highest BCUT2D eigenvalue weighted by Gasteiger charge is 2.14. The summed E-state index contributed by atoms with van der Waals surface area (Å²) in [5.41, 5.74) is 2.83. The van der Waals surface area contributed by atoms with Crippen LogP contribution < -0.4 is 5.32 Å². The molecule has 108 valence electrons. The Bertz CT molecular complexity index is 552. The summed E-state index contributed by atoms with van der Waals surface area (Å²) in [5.74, 6) is 0. The van der Waals surface area contributed by atoms with Crippen molar-refractivity contribution >= 4 is 16.5 Å². The fraction of sp³-hybridized carbons (Fsp3) is 0.500. The molecule has 1 atom stereocenters.